The number of benzene rings is 3. The van der Waals surface area contributed by atoms with Gasteiger partial charge in [0, 0.05) is 17.7 Å². The van der Waals surface area contributed by atoms with Crippen LogP contribution in [0, 0.1) is 0 Å². The molecule has 3 aromatic carbocycles. The van der Waals surface area contributed by atoms with Gasteiger partial charge in [0.1, 0.15) is 5.75 Å². The molecule has 0 saturated carbocycles. The number of carbonyl (C=O) groups excluding carboxylic acids is 2. The molecule has 0 aliphatic heterocycles. The molecule has 0 fully saturated rings. The number of fused-ring (bicyclic) bond motifs is 1. The number of nitrogens with one attached hydrogen (secondary N) is 1. The summed E-state index contributed by atoms with van der Waals surface area (Å²) >= 11 is 1.21. The number of ether oxygens (including phenoxy) is 1. The van der Waals surface area contributed by atoms with Crippen LogP contribution in [0.3, 0.4) is 0 Å². The van der Waals surface area contributed by atoms with E-state index in [1.807, 2.05) is 44.2 Å². The Labute approximate surface area is 219 Å². The van der Waals surface area contributed by atoms with Gasteiger partial charge >= 0.3 is 0 Å². The molecule has 1 aromatic heterocycles. The third kappa shape index (κ3) is 6.46. The highest BCUT2D eigenvalue weighted by molar-refractivity contribution is 7.99. The van der Waals surface area contributed by atoms with Crippen molar-refractivity contribution < 1.29 is 14.3 Å². The van der Waals surface area contributed by atoms with E-state index in [1.165, 1.54) is 11.8 Å². The van der Waals surface area contributed by atoms with E-state index in [1.54, 1.807) is 47.0 Å². The quantitative estimate of drug-likeness (QED) is 0.173. The number of carbonyl (C=O) groups is 2. The maximum atomic E-state index is 13.5. The Balaban J connectivity index is 1.67. The molecule has 190 valence electrons. The summed E-state index contributed by atoms with van der Waals surface area (Å²) in [6.45, 7) is 5.33. The Morgan fingerprint density at radius 1 is 0.973 bits per heavy atom. The fourth-order valence-corrected chi connectivity index (χ4v) is 4.71. The van der Waals surface area contributed by atoms with Crippen molar-refractivity contribution in [3.05, 3.63) is 99.8 Å². The molecule has 1 amide bonds. The predicted molar refractivity (Wildman–Crippen MR) is 147 cm³/mol. The van der Waals surface area contributed by atoms with Crippen molar-refractivity contribution >= 4 is 34.4 Å². The number of aromatic nitrogens is 2. The lowest BCUT2D eigenvalue weighted by Gasteiger charge is -2.14. The monoisotopic (exact) mass is 515 g/mol. The van der Waals surface area contributed by atoms with Crippen LogP contribution in [0.2, 0.25) is 0 Å². The van der Waals surface area contributed by atoms with Gasteiger partial charge in [-0.25, -0.2) is 4.98 Å². The fraction of sp³-hybridized carbons (Fsp3) is 0.241. The lowest BCUT2D eigenvalue weighted by atomic mass is 10.1. The number of Topliss-reactive ketones (excluding diaryl/α,β-unsaturated/α-hetero) is 1. The average molecular weight is 516 g/mol. The van der Waals surface area contributed by atoms with Gasteiger partial charge in [-0.3, -0.25) is 19.0 Å². The minimum absolute atomic E-state index is 0.0821. The number of rotatable bonds is 11. The van der Waals surface area contributed by atoms with Crippen LogP contribution >= 0.6 is 11.8 Å². The standard InChI is InChI=1S/C29H29N3O4S/c1-3-16-30-27(34)22-12-15-24-25(17-22)31-29(32(28(24)35)18-20-8-6-5-7-9-20)37-19-26(33)21-10-13-23(14-11-21)36-4-2/h5-15,17H,3-4,16,18-19H2,1-2H3,(H,30,34). The van der Waals surface area contributed by atoms with Crippen LogP contribution in [-0.2, 0) is 6.54 Å². The molecule has 0 aliphatic rings. The van der Waals surface area contributed by atoms with Gasteiger partial charge in [0.15, 0.2) is 10.9 Å². The summed E-state index contributed by atoms with van der Waals surface area (Å²) in [5, 5.41) is 3.69. The molecule has 0 aliphatic carbocycles. The van der Waals surface area contributed by atoms with Gasteiger partial charge in [0.25, 0.3) is 11.5 Å². The normalized spacial score (nSPS) is 10.9. The Bertz CT molecular complexity index is 1450. The van der Waals surface area contributed by atoms with E-state index in [-0.39, 0.29) is 23.0 Å². The minimum Gasteiger partial charge on any atom is -0.494 e. The van der Waals surface area contributed by atoms with E-state index in [2.05, 4.69) is 5.32 Å². The van der Waals surface area contributed by atoms with Crippen molar-refractivity contribution in [2.24, 2.45) is 0 Å². The van der Waals surface area contributed by atoms with Gasteiger partial charge in [0.2, 0.25) is 0 Å². The minimum atomic E-state index is -0.217. The van der Waals surface area contributed by atoms with E-state index >= 15 is 0 Å². The highest BCUT2D eigenvalue weighted by atomic mass is 32.2. The Hall–Kier alpha value is -3.91. The van der Waals surface area contributed by atoms with Gasteiger partial charge in [-0.15, -0.1) is 0 Å². The van der Waals surface area contributed by atoms with Crippen molar-refractivity contribution in [2.45, 2.75) is 32.0 Å². The second-order valence-corrected chi connectivity index (χ2v) is 9.37. The third-order valence-corrected chi connectivity index (χ3v) is 6.70. The summed E-state index contributed by atoms with van der Waals surface area (Å²) in [4.78, 5) is 43.7. The van der Waals surface area contributed by atoms with E-state index in [0.717, 1.165) is 12.0 Å². The van der Waals surface area contributed by atoms with Gasteiger partial charge in [-0.2, -0.15) is 0 Å². The molecule has 4 rings (SSSR count). The maximum absolute atomic E-state index is 13.5. The molecule has 1 heterocycles. The number of ketones is 1. The first-order valence-electron chi connectivity index (χ1n) is 12.3. The van der Waals surface area contributed by atoms with Crippen LogP contribution in [0.4, 0.5) is 0 Å². The Morgan fingerprint density at radius 2 is 1.70 bits per heavy atom. The van der Waals surface area contributed by atoms with Gasteiger partial charge in [0.05, 0.1) is 29.8 Å². The highest BCUT2D eigenvalue weighted by Gasteiger charge is 2.16. The Morgan fingerprint density at radius 3 is 2.41 bits per heavy atom. The molecule has 1 N–H and O–H groups in total. The van der Waals surface area contributed by atoms with E-state index in [0.29, 0.717) is 52.6 Å². The smallest absolute Gasteiger partial charge is 0.262 e. The molecule has 0 spiro atoms. The van der Waals surface area contributed by atoms with Gasteiger partial charge in [-0.05, 0) is 61.4 Å². The van der Waals surface area contributed by atoms with Crippen molar-refractivity contribution in [3.63, 3.8) is 0 Å². The van der Waals surface area contributed by atoms with Crippen molar-refractivity contribution in [2.75, 3.05) is 18.9 Å². The lowest BCUT2D eigenvalue weighted by molar-refractivity contribution is 0.0952. The molecule has 8 heteroatoms. The first-order chi connectivity index (χ1) is 18.0. The second kappa shape index (κ2) is 12.4. The molecule has 0 unspecified atom stereocenters. The van der Waals surface area contributed by atoms with E-state index < -0.39 is 0 Å². The molecular formula is C29H29N3O4S. The maximum Gasteiger partial charge on any atom is 0.262 e. The molecule has 0 saturated heterocycles. The van der Waals surface area contributed by atoms with E-state index in [4.69, 9.17) is 9.72 Å². The highest BCUT2D eigenvalue weighted by Crippen LogP contribution is 2.22. The zero-order valence-electron chi connectivity index (χ0n) is 20.9. The van der Waals surface area contributed by atoms with Crippen LogP contribution in [0.25, 0.3) is 10.9 Å². The SMILES string of the molecule is CCCNC(=O)c1ccc2c(=O)n(Cc3ccccc3)c(SCC(=O)c3ccc(OCC)cc3)nc2c1. The van der Waals surface area contributed by atoms with Gasteiger partial charge < -0.3 is 10.1 Å². The largest absolute Gasteiger partial charge is 0.494 e. The van der Waals surface area contributed by atoms with Crippen LogP contribution in [0.1, 0.15) is 46.5 Å². The molecule has 0 radical (unpaired) electrons. The van der Waals surface area contributed by atoms with Crippen LogP contribution in [0.15, 0.2) is 82.7 Å². The van der Waals surface area contributed by atoms with Crippen LogP contribution in [0.5, 0.6) is 5.75 Å². The van der Waals surface area contributed by atoms with Crippen molar-refractivity contribution in [1.29, 1.82) is 0 Å². The van der Waals surface area contributed by atoms with Crippen molar-refractivity contribution in [1.82, 2.24) is 14.9 Å². The van der Waals surface area contributed by atoms with Crippen LogP contribution < -0.4 is 15.6 Å². The molecule has 0 bridgehead atoms. The summed E-state index contributed by atoms with van der Waals surface area (Å²) in [5.74, 6) is 0.524. The Kier molecular flexibility index (Phi) is 8.74. The molecule has 0 atom stereocenters. The molecular weight excluding hydrogens is 486 g/mol. The zero-order valence-corrected chi connectivity index (χ0v) is 21.7. The van der Waals surface area contributed by atoms with Crippen molar-refractivity contribution in [3.8, 4) is 5.75 Å². The first-order valence-corrected chi connectivity index (χ1v) is 13.2. The number of nitrogens with zero attached hydrogens (tertiary/aromatic N) is 2. The number of amides is 1. The lowest BCUT2D eigenvalue weighted by Crippen LogP contribution is -2.26. The fourth-order valence-electron chi connectivity index (χ4n) is 3.82. The van der Waals surface area contributed by atoms with Gasteiger partial charge in [-0.1, -0.05) is 49.0 Å². The summed E-state index contributed by atoms with van der Waals surface area (Å²) in [7, 11) is 0. The summed E-state index contributed by atoms with van der Waals surface area (Å²) in [5.41, 5.74) is 2.15. The van der Waals surface area contributed by atoms with Crippen LogP contribution in [-0.4, -0.2) is 40.1 Å². The molecule has 4 aromatic rings. The third-order valence-electron chi connectivity index (χ3n) is 5.72. The topological polar surface area (TPSA) is 90.3 Å². The summed E-state index contributed by atoms with van der Waals surface area (Å²) in [6, 6.07) is 21.6. The molecule has 37 heavy (non-hydrogen) atoms. The average Bonchev–Trinajstić information content (AvgIpc) is 2.93. The number of hydrogen-bond donors (Lipinski definition) is 1. The predicted octanol–water partition coefficient (Wildman–Crippen LogP) is 4.96. The molecule has 7 nitrogen and oxygen atoms in total. The first kappa shape index (κ1) is 26.2. The second-order valence-electron chi connectivity index (χ2n) is 8.43. The zero-order chi connectivity index (χ0) is 26.2. The summed E-state index contributed by atoms with van der Waals surface area (Å²) < 4.78 is 7.04. The number of thioether (sulfide) groups is 1. The number of hydrogen-bond acceptors (Lipinski definition) is 6. The van der Waals surface area contributed by atoms with E-state index in [9.17, 15) is 14.4 Å². The summed E-state index contributed by atoms with van der Waals surface area (Å²) in [6.07, 6.45) is 0.824.